The maximum atomic E-state index is 10.5. The molecule has 0 aromatic heterocycles. The van der Waals surface area contributed by atoms with Crippen LogP contribution in [0.25, 0.3) is 0 Å². The molecule has 3 nitrogen and oxygen atoms in total. The molecular formula is C15H15ClO3. The van der Waals surface area contributed by atoms with Gasteiger partial charge in [0.25, 0.3) is 0 Å². The van der Waals surface area contributed by atoms with Gasteiger partial charge >= 0.3 is 0 Å². The van der Waals surface area contributed by atoms with E-state index >= 15 is 0 Å². The standard InChI is InChI=1S/C15H15ClO3/c1-18-11-6-3-5-10(9-11)15(17)14-12(16)7-4-8-13(14)19-2/h3-9,15,17H,1-2H3. The molecule has 19 heavy (non-hydrogen) atoms. The number of methoxy groups -OCH3 is 2. The Morgan fingerprint density at radius 1 is 1.05 bits per heavy atom. The molecule has 0 spiro atoms. The predicted octanol–water partition coefficient (Wildman–Crippen LogP) is 3.44. The number of hydrogen-bond acceptors (Lipinski definition) is 3. The van der Waals surface area contributed by atoms with Crippen molar-refractivity contribution in [3.63, 3.8) is 0 Å². The minimum atomic E-state index is -0.862. The van der Waals surface area contributed by atoms with Gasteiger partial charge in [0.15, 0.2) is 0 Å². The molecule has 0 fully saturated rings. The van der Waals surface area contributed by atoms with Gasteiger partial charge in [-0.25, -0.2) is 0 Å². The van der Waals surface area contributed by atoms with E-state index in [2.05, 4.69) is 0 Å². The fraction of sp³-hybridized carbons (Fsp3) is 0.200. The van der Waals surface area contributed by atoms with Crippen LogP contribution in [0.2, 0.25) is 5.02 Å². The number of rotatable bonds is 4. The lowest BCUT2D eigenvalue weighted by molar-refractivity contribution is 0.214. The van der Waals surface area contributed by atoms with Crippen molar-refractivity contribution in [2.24, 2.45) is 0 Å². The molecule has 2 aromatic carbocycles. The van der Waals surface area contributed by atoms with Gasteiger partial charge in [-0.1, -0.05) is 29.8 Å². The smallest absolute Gasteiger partial charge is 0.126 e. The van der Waals surface area contributed by atoms with E-state index in [0.717, 1.165) is 0 Å². The van der Waals surface area contributed by atoms with Crippen molar-refractivity contribution >= 4 is 11.6 Å². The summed E-state index contributed by atoms with van der Waals surface area (Å²) in [6.07, 6.45) is -0.862. The number of aliphatic hydroxyl groups excluding tert-OH is 1. The first-order valence-electron chi connectivity index (χ1n) is 5.81. The summed E-state index contributed by atoms with van der Waals surface area (Å²) in [7, 11) is 3.13. The summed E-state index contributed by atoms with van der Waals surface area (Å²) in [5.74, 6) is 1.24. The van der Waals surface area contributed by atoms with Crippen LogP contribution in [0.4, 0.5) is 0 Å². The average Bonchev–Trinajstić information content (AvgIpc) is 2.46. The van der Waals surface area contributed by atoms with E-state index in [1.807, 2.05) is 18.2 Å². The van der Waals surface area contributed by atoms with Crippen molar-refractivity contribution in [3.8, 4) is 11.5 Å². The zero-order valence-corrected chi connectivity index (χ0v) is 11.5. The molecule has 0 amide bonds. The van der Waals surface area contributed by atoms with Crippen LogP contribution >= 0.6 is 11.6 Å². The SMILES string of the molecule is COc1cccc(C(O)c2c(Cl)cccc2OC)c1. The van der Waals surface area contributed by atoms with Crippen LogP contribution in [-0.2, 0) is 0 Å². The molecule has 1 N–H and O–H groups in total. The number of benzene rings is 2. The monoisotopic (exact) mass is 278 g/mol. The zero-order valence-electron chi connectivity index (χ0n) is 10.8. The van der Waals surface area contributed by atoms with E-state index in [-0.39, 0.29) is 0 Å². The summed E-state index contributed by atoms with van der Waals surface area (Å²) in [5, 5.41) is 11.0. The van der Waals surface area contributed by atoms with Gasteiger partial charge in [-0.15, -0.1) is 0 Å². The summed E-state index contributed by atoms with van der Waals surface area (Å²) in [6.45, 7) is 0. The van der Waals surface area contributed by atoms with Crippen molar-refractivity contribution in [2.45, 2.75) is 6.10 Å². The highest BCUT2D eigenvalue weighted by atomic mass is 35.5. The summed E-state index contributed by atoms with van der Waals surface area (Å²) in [6, 6.07) is 12.5. The Morgan fingerprint density at radius 3 is 2.47 bits per heavy atom. The molecule has 0 radical (unpaired) electrons. The van der Waals surface area contributed by atoms with Crippen molar-refractivity contribution in [1.82, 2.24) is 0 Å². The first-order valence-corrected chi connectivity index (χ1v) is 6.19. The Morgan fingerprint density at radius 2 is 1.79 bits per heavy atom. The van der Waals surface area contributed by atoms with Gasteiger partial charge in [-0.3, -0.25) is 0 Å². The molecule has 1 unspecified atom stereocenters. The lowest BCUT2D eigenvalue weighted by atomic mass is 10.0. The highest BCUT2D eigenvalue weighted by Crippen LogP contribution is 2.36. The minimum Gasteiger partial charge on any atom is -0.497 e. The van der Waals surface area contributed by atoms with Gasteiger partial charge in [-0.05, 0) is 29.8 Å². The number of ether oxygens (including phenoxy) is 2. The molecule has 0 aliphatic heterocycles. The van der Waals surface area contributed by atoms with Crippen LogP contribution in [0.5, 0.6) is 11.5 Å². The van der Waals surface area contributed by atoms with E-state index in [0.29, 0.717) is 27.6 Å². The van der Waals surface area contributed by atoms with Crippen LogP contribution in [0, 0.1) is 0 Å². The van der Waals surface area contributed by atoms with E-state index in [1.54, 1.807) is 38.5 Å². The second-order valence-electron chi connectivity index (χ2n) is 4.03. The molecule has 4 heteroatoms. The summed E-state index contributed by atoms with van der Waals surface area (Å²) in [4.78, 5) is 0. The van der Waals surface area contributed by atoms with Gasteiger partial charge in [0, 0.05) is 5.56 Å². The Bertz CT molecular complexity index is 569. The molecule has 100 valence electrons. The van der Waals surface area contributed by atoms with E-state index in [1.165, 1.54) is 0 Å². The number of hydrogen-bond donors (Lipinski definition) is 1. The lowest BCUT2D eigenvalue weighted by Gasteiger charge is -2.17. The Kier molecular flexibility index (Phi) is 4.30. The van der Waals surface area contributed by atoms with Crippen LogP contribution < -0.4 is 9.47 Å². The maximum absolute atomic E-state index is 10.5. The van der Waals surface area contributed by atoms with Gasteiger partial charge in [0.05, 0.1) is 19.2 Å². The van der Waals surface area contributed by atoms with E-state index in [4.69, 9.17) is 21.1 Å². The molecule has 0 aliphatic carbocycles. The summed E-state index contributed by atoms with van der Waals surface area (Å²) in [5.41, 5.74) is 1.26. The largest absolute Gasteiger partial charge is 0.497 e. The molecule has 2 rings (SSSR count). The molecule has 0 saturated heterocycles. The normalized spacial score (nSPS) is 12.0. The third-order valence-corrected chi connectivity index (χ3v) is 3.25. The third kappa shape index (κ3) is 2.83. The first kappa shape index (κ1) is 13.7. The number of aliphatic hydroxyl groups is 1. The quantitative estimate of drug-likeness (QED) is 0.931. The third-order valence-electron chi connectivity index (χ3n) is 2.92. The molecular weight excluding hydrogens is 264 g/mol. The van der Waals surface area contributed by atoms with Crippen molar-refractivity contribution in [2.75, 3.05) is 14.2 Å². The molecule has 0 saturated carbocycles. The van der Waals surface area contributed by atoms with Crippen LogP contribution in [-0.4, -0.2) is 19.3 Å². The summed E-state index contributed by atoms with van der Waals surface area (Å²) < 4.78 is 10.4. The van der Waals surface area contributed by atoms with Crippen molar-refractivity contribution in [3.05, 3.63) is 58.6 Å². The predicted molar refractivity (Wildman–Crippen MR) is 75.1 cm³/mol. The zero-order chi connectivity index (χ0) is 13.8. The fourth-order valence-corrected chi connectivity index (χ4v) is 2.21. The fourth-order valence-electron chi connectivity index (χ4n) is 1.94. The Balaban J connectivity index is 2.46. The van der Waals surface area contributed by atoms with Crippen LogP contribution in [0.15, 0.2) is 42.5 Å². The van der Waals surface area contributed by atoms with Crippen LogP contribution in [0.1, 0.15) is 17.2 Å². The van der Waals surface area contributed by atoms with Crippen molar-refractivity contribution in [1.29, 1.82) is 0 Å². The molecule has 2 aromatic rings. The first-order chi connectivity index (χ1) is 9.17. The molecule has 0 aliphatic rings. The Hall–Kier alpha value is -1.71. The van der Waals surface area contributed by atoms with Crippen molar-refractivity contribution < 1.29 is 14.6 Å². The Labute approximate surface area is 117 Å². The molecule has 1 atom stereocenters. The topological polar surface area (TPSA) is 38.7 Å². The van der Waals surface area contributed by atoms with E-state index < -0.39 is 6.10 Å². The van der Waals surface area contributed by atoms with Gasteiger partial charge in [0.1, 0.15) is 17.6 Å². The van der Waals surface area contributed by atoms with Gasteiger partial charge < -0.3 is 14.6 Å². The molecule has 0 bridgehead atoms. The average molecular weight is 279 g/mol. The van der Waals surface area contributed by atoms with Gasteiger partial charge in [-0.2, -0.15) is 0 Å². The number of halogens is 1. The minimum absolute atomic E-state index is 0.467. The second-order valence-corrected chi connectivity index (χ2v) is 4.44. The molecule has 0 heterocycles. The van der Waals surface area contributed by atoms with Gasteiger partial charge in [0.2, 0.25) is 0 Å². The maximum Gasteiger partial charge on any atom is 0.126 e. The lowest BCUT2D eigenvalue weighted by Crippen LogP contribution is -2.03. The highest BCUT2D eigenvalue weighted by molar-refractivity contribution is 6.31. The summed E-state index contributed by atoms with van der Waals surface area (Å²) >= 11 is 6.16. The highest BCUT2D eigenvalue weighted by Gasteiger charge is 2.19. The van der Waals surface area contributed by atoms with Crippen LogP contribution in [0.3, 0.4) is 0 Å². The second kappa shape index (κ2) is 5.95. The van der Waals surface area contributed by atoms with E-state index in [9.17, 15) is 5.11 Å².